The van der Waals surface area contributed by atoms with Crippen LogP contribution in [0.3, 0.4) is 0 Å². The maximum atomic E-state index is 12.0. The number of ether oxygens (including phenoxy) is 1. The number of fused-ring (bicyclic) bond motifs is 1. The van der Waals surface area contributed by atoms with Crippen LogP contribution in [-0.2, 0) is 30.7 Å². The molecule has 2 aliphatic rings. The molecule has 1 amide bonds. The van der Waals surface area contributed by atoms with E-state index in [2.05, 4.69) is 10.00 Å². The second-order valence-corrected chi connectivity index (χ2v) is 7.23. The van der Waals surface area contributed by atoms with Crippen molar-refractivity contribution in [3.05, 3.63) is 39.3 Å². The molecule has 0 radical (unpaired) electrons. The van der Waals surface area contributed by atoms with E-state index in [1.807, 2.05) is 17.5 Å². The molecule has 0 saturated heterocycles. The number of rotatable bonds is 6. The zero-order chi connectivity index (χ0) is 15.6. The van der Waals surface area contributed by atoms with Crippen LogP contribution in [-0.4, -0.2) is 28.8 Å². The Morgan fingerprint density at radius 2 is 2.39 bits per heavy atom. The Bertz CT molecular complexity index is 689. The molecule has 0 spiro atoms. The molecule has 2 aromatic rings. The quantitative estimate of drug-likeness (QED) is 0.884. The van der Waals surface area contributed by atoms with Crippen LogP contribution in [0.1, 0.15) is 39.5 Å². The molecule has 5 nitrogen and oxygen atoms in total. The highest BCUT2D eigenvalue weighted by Gasteiger charge is 2.27. The number of carbonyl (C=O) groups is 1. The summed E-state index contributed by atoms with van der Waals surface area (Å²) >= 11 is 1.47. The minimum Gasteiger partial charge on any atom is -0.376 e. The number of aromatic nitrogens is 2. The Morgan fingerprint density at radius 1 is 1.48 bits per heavy atom. The first-order chi connectivity index (χ1) is 11.3. The largest absolute Gasteiger partial charge is 0.376 e. The standard InChI is InChI=1S/C17H21N3O2S/c21-17(16-2-1-9-23-16)18-7-5-14-13-11-22-8-6-15(13)20(19-14)10-12-3-4-12/h1-2,9,12H,3-8,10-11H2,(H,18,21). The van der Waals surface area contributed by atoms with Gasteiger partial charge in [-0.05, 0) is 30.2 Å². The number of carbonyl (C=O) groups excluding carboxylic acids is 1. The highest BCUT2D eigenvalue weighted by molar-refractivity contribution is 7.12. The van der Waals surface area contributed by atoms with Crippen LogP contribution in [0.5, 0.6) is 0 Å². The average molecular weight is 331 g/mol. The van der Waals surface area contributed by atoms with Crippen molar-refractivity contribution < 1.29 is 9.53 Å². The lowest BCUT2D eigenvalue weighted by atomic mass is 10.1. The molecular weight excluding hydrogens is 310 g/mol. The third-order valence-electron chi connectivity index (χ3n) is 4.50. The molecule has 122 valence electrons. The summed E-state index contributed by atoms with van der Waals surface area (Å²) in [5, 5.41) is 9.72. The molecule has 0 atom stereocenters. The van der Waals surface area contributed by atoms with E-state index >= 15 is 0 Å². The molecule has 1 saturated carbocycles. The molecular formula is C17H21N3O2S. The summed E-state index contributed by atoms with van der Waals surface area (Å²) in [5.74, 6) is 0.816. The minimum absolute atomic E-state index is 0.00234. The highest BCUT2D eigenvalue weighted by atomic mass is 32.1. The molecule has 2 aromatic heterocycles. The van der Waals surface area contributed by atoms with Crippen molar-refractivity contribution in [1.82, 2.24) is 15.1 Å². The van der Waals surface area contributed by atoms with E-state index < -0.39 is 0 Å². The van der Waals surface area contributed by atoms with Gasteiger partial charge in [-0.25, -0.2) is 0 Å². The number of hydrogen-bond acceptors (Lipinski definition) is 4. The minimum atomic E-state index is 0.00234. The molecule has 0 aromatic carbocycles. The van der Waals surface area contributed by atoms with E-state index in [1.165, 1.54) is 35.4 Å². The fraction of sp³-hybridized carbons (Fsp3) is 0.529. The summed E-state index contributed by atoms with van der Waals surface area (Å²) in [4.78, 5) is 12.8. The first kappa shape index (κ1) is 14.9. The molecule has 0 unspecified atom stereocenters. The van der Waals surface area contributed by atoms with Crippen molar-refractivity contribution in [3.8, 4) is 0 Å². The zero-order valence-electron chi connectivity index (χ0n) is 13.1. The topological polar surface area (TPSA) is 56.2 Å². The van der Waals surface area contributed by atoms with Crippen molar-refractivity contribution in [2.24, 2.45) is 5.92 Å². The monoisotopic (exact) mass is 331 g/mol. The van der Waals surface area contributed by atoms with Gasteiger partial charge in [0.15, 0.2) is 0 Å². The summed E-state index contributed by atoms with van der Waals surface area (Å²) < 4.78 is 7.82. The van der Waals surface area contributed by atoms with Gasteiger partial charge in [-0.3, -0.25) is 9.48 Å². The van der Waals surface area contributed by atoms with Gasteiger partial charge >= 0.3 is 0 Å². The van der Waals surface area contributed by atoms with Crippen molar-refractivity contribution >= 4 is 17.2 Å². The summed E-state index contributed by atoms with van der Waals surface area (Å²) in [7, 11) is 0. The van der Waals surface area contributed by atoms with Gasteiger partial charge in [-0.2, -0.15) is 5.10 Å². The fourth-order valence-corrected chi connectivity index (χ4v) is 3.70. The van der Waals surface area contributed by atoms with Crippen molar-refractivity contribution in [2.75, 3.05) is 13.2 Å². The van der Waals surface area contributed by atoms with Crippen molar-refractivity contribution in [3.63, 3.8) is 0 Å². The van der Waals surface area contributed by atoms with Gasteiger partial charge in [-0.15, -0.1) is 11.3 Å². The second-order valence-electron chi connectivity index (χ2n) is 6.28. The van der Waals surface area contributed by atoms with E-state index in [-0.39, 0.29) is 5.91 Å². The lowest BCUT2D eigenvalue weighted by molar-refractivity contribution is 0.0958. The first-order valence-corrected chi connectivity index (χ1v) is 9.16. The Kier molecular flexibility index (Phi) is 4.18. The number of nitrogens with zero attached hydrogens (tertiary/aromatic N) is 2. The Morgan fingerprint density at radius 3 is 3.17 bits per heavy atom. The van der Waals surface area contributed by atoms with Gasteiger partial charge in [-0.1, -0.05) is 6.07 Å². The van der Waals surface area contributed by atoms with E-state index in [4.69, 9.17) is 9.84 Å². The molecule has 6 heteroatoms. The highest BCUT2D eigenvalue weighted by Crippen LogP contribution is 2.32. The number of thiophene rings is 1. The second kappa shape index (κ2) is 6.45. The van der Waals surface area contributed by atoms with E-state index in [0.717, 1.165) is 42.5 Å². The molecule has 0 bridgehead atoms. The number of hydrogen-bond donors (Lipinski definition) is 1. The predicted octanol–water partition coefficient (Wildman–Crippen LogP) is 2.40. The number of amides is 1. The van der Waals surface area contributed by atoms with Crippen LogP contribution in [0, 0.1) is 5.92 Å². The smallest absolute Gasteiger partial charge is 0.261 e. The first-order valence-electron chi connectivity index (χ1n) is 8.28. The summed E-state index contributed by atoms with van der Waals surface area (Å²) in [6.45, 7) is 3.11. The maximum absolute atomic E-state index is 12.0. The fourth-order valence-electron chi connectivity index (χ4n) is 3.06. The summed E-state index contributed by atoms with van der Waals surface area (Å²) in [6, 6.07) is 3.74. The van der Waals surface area contributed by atoms with Gasteiger partial charge in [0.2, 0.25) is 0 Å². The van der Waals surface area contributed by atoms with Crippen LogP contribution < -0.4 is 5.32 Å². The van der Waals surface area contributed by atoms with Gasteiger partial charge in [0.1, 0.15) is 0 Å². The van der Waals surface area contributed by atoms with Gasteiger partial charge < -0.3 is 10.1 Å². The van der Waals surface area contributed by atoms with Gasteiger partial charge in [0.05, 0.1) is 23.8 Å². The summed E-state index contributed by atoms with van der Waals surface area (Å²) in [5.41, 5.74) is 3.69. The molecule has 3 heterocycles. The zero-order valence-corrected chi connectivity index (χ0v) is 13.9. The molecule has 1 N–H and O–H groups in total. The van der Waals surface area contributed by atoms with Crippen LogP contribution in [0.15, 0.2) is 17.5 Å². The van der Waals surface area contributed by atoms with Crippen LogP contribution in [0.25, 0.3) is 0 Å². The lowest BCUT2D eigenvalue weighted by Crippen LogP contribution is -2.25. The third-order valence-corrected chi connectivity index (χ3v) is 5.37. The molecule has 1 fully saturated rings. The number of nitrogens with one attached hydrogen (secondary N) is 1. The Labute approximate surface area is 139 Å². The molecule has 4 rings (SSSR count). The van der Waals surface area contributed by atoms with Crippen LogP contribution >= 0.6 is 11.3 Å². The van der Waals surface area contributed by atoms with Crippen LogP contribution in [0.4, 0.5) is 0 Å². The Balaban J connectivity index is 1.41. The van der Waals surface area contributed by atoms with E-state index in [9.17, 15) is 4.79 Å². The van der Waals surface area contributed by atoms with Crippen LogP contribution in [0.2, 0.25) is 0 Å². The van der Waals surface area contributed by atoms with Crippen molar-refractivity contribution in [1.29, 1.82) is 0 Å². The maximum Gasteiger partial charge on any atom is 0.261 e. The van der Waals surface area contributed by atoms with Gasteiger partial charge in [0.25, 0.3) is 5.91 Å². The molecule has 23 heavy (non-hydrogen) atoms. The van der Waals surface area contributed by atoms with Gasteiger partial charge in [0, 0.05) is 37.2 Å². The van der Waals surface area contributed by atoms with E-state index in [0.29, 0.717) is 13.2 Å². The predicted molar refractivity (Wildman–Crippen MR) is 88.7 cm³/mol. The van der Waals surface area contributed by atoms with E-state index in [1.54, 1.807) is 0 Å². The SMILES string of the molecule is O=C(NCCc1nn(CC2CC2)c2c1COCC2)c1cccs1. The molecule has 1 aliphatic carbocycles. The average Bonchev–Trinajstić information content (AvgIpc) is 3.10. The van der Waals surface area contributed by atoms with Crippen molar-refractivity contribution in [2.45, 2.75) is 38.8 Å². The normalized spacial score (nSPS) is 17.0. The summed E-state index contributed by atoms with van der Waals surface area (Å²) in [6.07, 6.45) is 4.38. The Hall–Kier alpha value is -1.66. The molecule has 1 aliphatic heterocycles. The third kappa shape index (κ3) is 3.33. The lowest BCUT2D eigenvalue weighted by Gasteiger charge is -2.15.